The molecule has 3 rings (SSSR count). The van der Waals surface area contributed by atoms with Gasteiger partial charge in [-0.05, 0) is 5.56 Å². The molecule has 0 fully saturated rings. The summed E-state index contributed by atoms with van der Waals surface area (Å²) in [5.74, 6) is 0.0400. The molecule has 0 saturated carbocycles. The van der Waals surface area contributed by atoms with Gasteiger partial charge in [0.25, 0.3) is 0 Å². The summed E-state index contributed by atoms with van der Waals surface area (Å²) in [7, 11) is -1.56. The molecule has 0 spiro atoms. The van der Waals surface area contributed by atoms with Gasteiger partial charge in [0.1, 0.15) is 15.2 Å². The standard InChI is InChI=1S/C14H16N6O2S/c1-19-10-11(15)17-13(23(2,16)22)18-12(10)20(14(19)21)8-9-6-4-3-5-7-9/h3-7,16H,8H2,1-2H3,(H2,15,17,18). The average Bonchev–Trinajstić information content (AvgIpc) is 2.73. The summed E-state index contributed by atoms with van der Waals surface area (Å²) in [4.78, 5) is 20.6. The SMILES string of the molecule is Cn1c(=O)n(Cc2ccccc2)c2nc(S(C)(=N)=O)nc(N)c21. The molecule has 1 aromatic carbocycles. The first-order valence-corrected chi connectivity index (χ1v) is 8.76. The predicted molar refractivity (Wildman–Crippen MR) is 87.8 cm³/mol. The number of hydrogen-bond donors (Lipinski definition) is 2. The lowest BCUT2D eigenvalue weighted by atomic mass is 10.2. The number of imidazole rings is 1. The molecule has 0 aliphatic carbocycles. The fourth-order valence-corrected chi connectivity index (χ4v) is 2.93. The Bertz CT molecular complexity index is 1050. The lowest BCUT2D eigenvalue weighted by molar-refractivity contribution is 0.671. The number of fused-ring (bicyclic) bond motifs is 1. The van der Waals surface area contributed by atoms with Gasteiger partial charge in [-0.2, -0.15) is 4.98 Å². The first-order chi connectivity index (χ1) is 10.8. The van der Waals surface area contributed by atoms with Crippen molar-refractivity contribution in [1.82, 2.24) is 19.1 Å². The second kappa shape index (κ2) is 5.20. The van der Waals surface area contributed by atoms with Crippen LogP contribution >= 0.6 is 0 Å². The minimum Gasteiger partial charge on any atom is -0.382 e. The number of benzene rings is 1. The van der Waals surface area contributed by atoms with Gasteiger partial charge in [0.2, 0.25) is 5.16 Å². The molecule has 8 nitrogen and oxygen atoms in total. The van der Waals surface area contributed by atoms with Crippen molar-refractivity contribution in [3.63, 3.8) is 0 Å². The average molecular weight is 332 g/mol. The molecule has 0 aliphatic heterocycles. The third kappa shape index (κ3) is 2.59. The van der Waals surface area contributed by atoms with E-state index >= 15 is 0 Å². The second-order valence-electron chi connectivity index (χ2n) is 5.32. The van der Waals surface area contributed by atoms with E-state index in [4.69, 9.17) is 10.5 Å². The zero-order chi connectivity index (χ0) is 16.8. The molecule has 1 atom stereocenters. The molecule has 2 aromatic heterocycles. The number of nitrogen functional groups attached to an aromatic ring is 1. The lowest BCUT2D eigenvalue weighted by Gasteiger charge is -2.05. The highest BCUT2D eigenvalue weighted by molar-refractivity contribution is 7.91. The van der Waals surface area contributed by atoms with Crippen LogP contribution < -0.4 is 11.4 Å². The van der Waals surface area contributed by atoms with Gasteiger partial charge in [0, 0.05) is 13.3 Å². The third-order valence-electron chi connectivity index (χ3n) is 3.51. The van der Waals surface area contributed by atoms with Crippen LogP contribution in [0.4, 0.5) is 5.82 Å². The Morgan fingerprint density at radius 3 is 2.52 bits per heavy atom. The Balaban J connectivity index is 2.31. The highest BCUT2D eigenvalue weighted by Gasteiger charge is 2.19. The molecule has 0 bridgehead atoms. The third-order valence-corrected chi connectivity index (χ3v) is 4.39. The molecule has 0 amide bonds. The van der Waals surface area contributed by atoms with E-state index in [9.17, 15) is 9.00 Å². The molecule has 3 aromatic rings. The minimum atomic E-state index is -3.14. The van der Waals surface area contributed by atoms with Crippen LogP contribution in [-0.2, 0) is 23.3 Å². The zero-order valence-corrected chi connectivity index (χ0v) is 13.5. The van der Waals surface area contributed by atoms with Gasteiger partial charge in [-0.3, -0.25) is 9.13 Å². The number of rotatable bonds is 3. The van der Waals surface area contributed by atoms with E-state index < -0.39 is 9.73 Å². The zero-order valence-electron chi connectivity index (χ0n) is 12.7. The van der Waals surface area contributed by atoms with Crippen LogP contribution in [-0.4, -0.2) is 29.6 Å². The number of hydrogen-bond acceptors (Lipinski definition) is 6. The van der Waals surface area contributed by atoms with Crippen molar-refractivity contribution in [2.75, 3.05) is 12.0 Å². The Morgan fingerprint density at radius 1 is 1.26 bits per heavy atom. The summed E-state index contributed by atoms with van der Waals surface area (Å²) in [6.45, 7) is 0.301. The summed E-state index contributed by atoms with van der Waals surface area (Å²) >= 11 is 0. The molecule has 3 N–H and O–H groups in total. The van der Waals surface area contributed by atoms with Crippen LogP contribution in [0, 0.1) is 4.78 Å². The summed E-state index contributed by atoms with van der Waals surface area (Å²) < 4.78 is 22.4. The van der Waals surface area contributed by atoms with E-state index in [0.29, 0.717) is 12.1 Å². The summed E-state index contributed by atoms with van der Waals surface area (Å²) in [5.41, 5.74) is 7.18. The molecule has 2 heterocycles. The quantitative estimate of drug-likeness (QED) is 0.687. The number of nitrogens with two attached hydrogens (primary N) is 1. The number of anilines is 1. The Hall–Kier alpha value is -2.68. The van der Waals surface area contributed by atoms with Crippen molar-refractivity contribution in [2.45, 2.75) is 11.7 Å². The number of nitrogens with zero attached hydrogens (tertiary/aromatic N) is 4. The smallest absolute Gasteiger partial charge is 0.330 e. The molecule has 120 valence electrons. The maximum Gasteiger partial charge on any atom is 0.330 e. The van der Waals surface area contributed by atoms with Crippen LogP contribution in [0.15, 0.2) is 40.3 Å². The van der Waals surface area contributed by atoms with E-state index in [0.717, 1.165) is 5.56 Å². The monoisotopic (exact) mass is 332 g/mol. The normalized spacial score (nSPS) is 14.0. The van der Waals surface area contributed by atoms with E-state index in [1.54, 1.807) is 7.05 Å². The van der Waals surface area contributed by atoms with Crippen molar-refractivity contribution in [2.24, 2.45) is 7.05 Å². The Kier molecular flexibility index (Phi) is 3.44. The first kappa shape index (κ1) is 15.2. The van der Waals surface area contributed by atoms with Crippen molar-refractivity contribution in [3.8, 4) is 0 Å². The molecule has 1 unspecified atom stereocenters. The van der Waals surface area contributed by atoms with Crippen molar-refractivity contribution in [1.29, 1.82) is 4.78 Å². The van der Waals surface area contributed by atoms with Gasteiger partial charge in [-0.15, -0.1) is 0 Å². The summed E-state index contributed by atoms with van der Waals surface area (Å²) in [6.07, 6.45) is 1.22. The first-order valence-electron chi connectivity index (χ1n) is 6.79. The molecule has 0 aliphatic rings. The van der Waals surface area contributed by atoms with E-state index in [2.05, 4.69) is 9.97 Å². The number of aromatic nitrogens is 4. The molecule has 0 radical (unpaired) electrons. The molecule has 23 heavy (non-hydrogen) atoms. The lowest BCUT2D eigenvalue weighted by Crippen LogP contribution is -2.22. The molecular formula is C14H16N6O2S. The van der Waals surface area contributed by atoms with Crippen LogP contribution in [0.2, 0.25) is 0 Å². The van der Waals surface area contributed by atoms with Crippen LogP contribution in [0.5, 0.6) is 0 Å². The molecular weight excluding hydrogens is 316 g/mol. The predicted octanol–water partition coefficient (Wildman–Crippen LogP) is 0.796. The van der Waals surface area contributed by atoms with Crippen LogP contribution in [0.3, 0.4) is 0 Å². The van der Waals surface area contributed by atoms with Gasteiger partial charge < -0.3 is 5.73 Å². The fraction of sp³-hybridized carbons (Fsp3) is 0.214. The molecule has 9 heteroatoms. The number of nitrogens with one attached hydrogen (secondary N) is 1. The van der Waals surface area contributed by atoms with Gasteiger partial charge >= 0.3 is 5.69 Å². The van der Waals surface area contributed by atoms with Crippen LogP contribution in [0.25, 0.3) is 11.2 Å². The van der Waals surface area contributed by atoms with Crippen molar-refractivity contribution in [3.05, 3.63) is 46.4 Å². The fourth-order valence-electron chi connectivity index (χ4n) is 2.40. The summed E-state index contributed by atoms with van der Waals surface area (Å²) in [5, 5.41) is -0.171. The topological polar surface area (TPSA) is 120 Å². The van der Waals surface area contributed by atoms with E-state index in [1.165, 1.54) is 15.4 Å². The van der Waals surface area contributed by atoms with Crippen molar-refractivity contribution < 1.29 is 4.21 Å². The van der Waals surface area contributed by atoms with Gasteiger partial charge in [-0.25, -0.2) is 18.8 Å². The maximum atomic E-state index is 12.5. The highest BCUT2D eigenvalue weighted by atomic mass is 32.2. The van der Waals surface area contributed by atoms with Gasteiger partial charge in [0.15, 0.2) is 11.5 Å². The van der Waals surface area contributed by atoms with Crippen molar-refractivity contribution >= 4 is 26.7 Å². The largest absolute Gasteiger partial charge is 0.382 e. The summed E-state index contributed by atoms with van der Waals surface area (Å²) in [6, 6.07) is 9.43. The minimum absolute atomic E-state index is 0.0400. The van der Waals surface area contributed by atoms with Gasteiger partial charge in [0.05, 0.1) is 6.54 Å². The van der Waals surface area contributed by atoms with Crippen LogP contribution in [0.1, 0.15) is 5.56 Å². The number of aryl methyl sites for hydroxylation is 1. The van der Waals surface area contributed by atoms with Gasteiger partial charge in [-0.1, -0.05) is 30.3 Å². The van der Waals surface area contributed by atoms with E-state index in [-0.39, 0.29) is 22.3 Å². The molecule has 0 saturated heterocycles. The highest BCUT2D eigenvalue weighted by Crippen LogP contribution is 2.19. The Labute approximate surface area is 132 Å². The Morgan fingerprint density at radius 2 is 1.91 bits per heavy atom. The van der Waals surface area contributed by atoms with E-state index in [1.807, 2.05) is 30.3 Å². The maximum absolute atomic E-state index is 12.5. The second-order valence-corrected chi connectivity index (χ2v) is 7.37.